The molecule has 0 spiro atoms. The van der Waals surface area contributed by atoms with E-state index in [2.05, 4.69) is 10.1 Å². The monoisotopic (exact) mass is 321 g/mol. The minimum atomic E-state index is -0.842. The third-order valence-electron chi connectivity index (χ3n) is 2.80. The van der Waals surface area contributed by atoms with Gasteiger partial charge < -0.3 is 14.8 Å². The molecule has 7 heteroatoms. The molecule has 5 nitrogen and oxygen atoms in total. The standard InChI is InChI=1S/C16H13F2NO4/c1-22-15(20)9-23-14-4-2-3-13(8-14)19-16(21)10-5-11(17)7-12(18)6-10/h2-8H,9H2,1H3,(H,19,21). The smallest absolute Gasteiger partial charge is 0.343 e. The van der Waals surface area contributed by atoms with E-state index in [1.807, 2.05) is 0 Å². The van der Waals surface area contributed by atoms with E-state index in [0.29, 0.717) is 17.5 Å². The van der Waals surface area contributed by atoms with Crippen LogP contribution in [0.2, 0.25) is 0 Å². The molecule has 1 amide bonds. The second-order valence-corrected chi connectivity index (χ2v) is 4.50. The van der Waals surface area contributed by atoms with Crippen molar-refractivity contribution in [3.63, 3.8) is 0 Å². The number of esters is 1. The summed E-state index contributed by atoms with van der Waals surface area (Å²) in [6.07, 6.45) is 0. The van der Waals surface area contributed by atoms with Gasteiger partial charge in [-0.1, -0.05) is 6.07 Å². The van der Waals surface area contributed by atoms with Crippen LogP contribution >= 0.6 is 0 Å². The van der Waals surface area contributed by atoms with Crippen molar-refractivity contribution < 1.29 is 27.8 Å². The predicted octanol–water partition coefficient (Wildman–Crippen LogP) is 2.77. The molecule has 2 aromatic carbocycles. The molecule has 0 aliphatic rings. The largest absolute Gasteiger partial charge is 0.482 e. The van der Waals surface area contributed by atoms with Crippen molar-refractivity contribution in [1.29, 1.82) is 0 Å². The normalized spacial score (nSPS) is 10.0. The molecule has 0 unspecified atom stereocenters. The Morgan fingerprint density at radius 3 is 2.43 bits per heavy atom. The fraction of sp³-hybridized carbons (Fsp3) is 0.125. The maximum atomic E-state index is 13.1. The molecule has 0 fully saturated rings. The summed E-state index contributed by atoms with van der Waals surface area (Å²) < 4.78 is 35.9. The first-order valence-electron chi connectivity index (χ1n) is 6.55. The molecule has 0 heterocycles. The minimum absolute atomic E-state index is 0.150. The van der Waals surface area contributed by atoms with Gasteiger partial charge in [-0.05, 0) is 24.3 Å². The predicted molar refractivity (Wildman–Crippen MR) is 78.3 cm³/mol. The van der Waals surface area contributed by atoms with Gasteiger partial charge in [0, 0.05) is 23.4 Å². The van der Waals surface area contributed by atoms with Crippen LogP contribution in [-0.4, -0.2) is 25.6 Å². The van der Waals surface area contributed by atoms with E-state index >= 15 is 0 Å². The van der Waals surface area contributed by atoms with Crippen LogP contribution in [0.25, 0.3) is 0 Å². The number of benzene rings is 2. The van der Waals surface area contributed by atoms with Crippen LogP contribution in [0.5, 0.6) is 5.75 Å². The lowest BCUT2D eigenvalue weighted by molar-refractivity contribution is -0.142. The Morgan fingerprint density at radius 2 is 1.78 bits per heavy atom. The molecular weight excluding hydrogens is 308 g/mol. The lowest BCUT2D eigenvalue weighted by Gasteiger charge is -2.09. The number of methoxy groups -OCH3 is 1. The Hall–Kier alpha value is -2.96. The van der Waals surface area contributed by atoms with Crippen molar-refractivity contribution >= 4 is 17.6 Å². The average Bonchev–Trinajstić information content (AvgIpc) is 2.52. The Bertz CT molecular complexity index is 714. The number of hydrogen-bond acceptors (Lipinski definition) is 4. The van der Waals surface area contributed by atoms with Crippen LogP contribution in [-0.2, 0) is 9.53 Å². The lowest BCUT2D eigenvalue weighted by Crippen LogP contribution is -2.14. The van der Waals surface area contributed by atoms with Gasteiger partial charge in [-0.15, -0.1) is 0 Å². The van der Waals surface area contributed by atoms with Crippen LogP contribution in [0, 0.1) is 11.6 Å². The maximum Gasteiger partial charge on any atom is 0.343 e. The van der Waals surface area contributed by atoms with E-state index in [-0.39, 0.29) is 12.2 Å². The second-order valence-electron chi connectivity index (χ2n) is 4.50. The second kappa shape index (κ2) is 7.35. The minimum Gasteiger partial charge on any atom is -0.482 e. The molecule has 0 aliphatic carbocycles. The quantitative estimate of drug-likeness (QED) is 0.860. The molecule has 0 bridgehead atoms. The molecule has 1 N–H and O–H groups in total. The highest BCUT2D eigenvalue weighted by Gasteiger charge is 2.10. The zero-order valence-electron chi connectivity index (χ0n) is 12.1. The van der Waals surface area contributed by atoms with Crippen molar-refractivity contribution in [2.45, 2.75) is 0 Å². The van der Waals surface area contributed by atoms with Gasteiger partial charge in [0.25, 0.3) is 5.91 Å². The van der Waals surface area contributed by atoms with Crippen molar-refractivity contribution in [1.82, 2.24) is 0 Å². The molecule has 2 rings (SSSR count). The number of carbonyl (C=O) groups excluding carboxylic acids is 2. The van der Waals surface area contributed by atoms with Crippen molar-refractivity contribution in [2.75, 3.05) is 19.0 Å². The van der Waals surface area contributed by atoms with Crippen molar-refractivity contribution in [3.8, 4) is 5.75 Å². The number of amides is 1. The van der Waals surface area contributed by atoms with E-state index in [1.165, 1.54) is 13.2 Å². The highest BCUT2D eigenvalue weighted by Crippen LogP contribution is 2.18. The summed E-state index contributed by atoms with van der Waals surface area (Å²) in [7, 11) is 1.24. The first-order valence-corrected chi connectivity index (χ1v) is 6.55. The Kier molecular flexibility index (Phi) is 5.24. The van der Waals surface area contributed by atoms with Gasteiger partial charge in [-0.2, -0.15) is 0 Å². The number of anilines is 1. The maximum absolute atomic E-state index is 13.1. The van der Waals surface area contributed by atoms with Gasteiger partial charge >= 0.3 is 5.97 Å². The molecule has 23 heavy (non-hydrogen) atoms. The highest BCUT2D eigenvalue weighted by molar-refractivity contribution is 6.04. The van der Waals surface area contributed by atoms with Gasteiger partial charge in [-0.3, -0.25) is 4.79 Å². The SMILES string of the molecule is COC(=O)COc1cccc(NC(=O)c2cc(F)cc(F)c2)c1. The van der Waals surface area contributed by atoms with Crippen molar-refractivity contribution in [3.05, 3.63) is 59.7 Å². The van der Waals surface area contributed by atoms with Crippen LogP contribution < -0.4 is 10.1 Å². The summed E-state index contributed by atoms with van der Waals surface area (Å²) in [5.74, 6) is -2.57. The molecule has 0 saturated carbocycles. The third-order valence-corrected chi connectivity index (χ3v) is 2.80. The number of hydrogen-bond donors (Lipinski definition) is 1. The van der Waals surface area contributed by atoms with E-state index in [9.17, 15) is 18.4 Å². The van der Waals surface area contributed by atoms with E-state index in [4.69, 9.17) is 4.74 Å². The summed E-state index contributed by atoms with van der Waals surface area (Å²) in [6, 6.07) is 8.74. The molecule has 0 aliphatic heterocycles. The summed E-state index contributed by atoms with van der Waals surface area (Å²) in [5.41, 5.74) is 0.199. The first-order chi connectivity index (χ1) is 11.0. The molecule has 0 radical (unpaired) electrons. The van der Waals surface area contributed by atoms with Gasteiger partial charge in [0.05, 0.1) is 7.11 Å². The Labute approximate surface area is 130 Å². The van der Waals surface area contributed by atoms with Crippen LogP contribution in [0.4, 0.5) is 14.5 Å². The molecule has 120 valence electrons. The summed E-state index contributed by atoms with van der Waals surface area (Å²) in [6.45, 7) is -0.275. The molecular formula is C16H13F2NO4. The Balaban J connectivity index is 2.07. The van der Waals surface area contributed by atoms with Crippen LogP contribution in [0.15, 0.2) is 42.5 Å². The summed E-state index contributed by atoms with van der Waals surface area (Å²) in [4.78, 5) is 23.0. The van der Waals surface area contributed by atoms with Gasteiger partial charge in [0.1, 0.15) is 17.4 Å². The zero-order chi connectivity index (χ0) is 16.8. The number of carbonyl (C=O) groups is 2. The van der Waals surface area contributed by atoms with Gasteiger partial charge in [0.15, 0.2) is 6.61 Å². The van der Waals surface area contributed by atoms with E-state index in [1.54, 1.807) is 18.2 Å². The fourth-order valence-electron chi connectivity index (χ4n) is 1.75. The Morgan fingerprint density at radius 1 is 1.09 bits per heavy atom. The van der Waals surface area contributed by atoms with E-state index < -0.39 is 23.5 Å². The van der Waals surface area contributed by atoms with Gasteiger partial charge in [-0.25, -0.2) is 13.6 Å². The first kappa shape index (κ1) is 16.4. The number of nitrogens with one attached hydrogen (secondary N) is 1. The number of halogens is 2. The average molecular weight is 321 g/mol. The summed E-state index contributed by atoms with van der Waals surface area (Å²) in [5, 5.41) is 2.49. The van der Waals surface area contributed by atoms with Gasteiger partial charge in [0.2, 0.25) is 0 Å². The molecule has 0 aromatic heterocycles. The van der Waals surface area contributed by atoms with Crippen LogP contribution in [0.1, 0.15) is 10.4 Å². The number of ether oxygens (including phenoxy) is 2. The molecule has 0 saturated heterocycles. The number of rotatable bonds is 5. The highest BCUT2D eigenvalue weighted by atomic mass is 19.1. The molecule has 0 atom stereocenters. The fourth-order valence-corrected chi connectivity index (χ4v) is 1.75. The summed E-state index contributed by atoms with van der Waals surface area (Å²) >= 11 is 0. The van der Waals surface area contributed by atoms with Crippen LogP contribution in [0.3, 0.4) is 0 Å². The molecule has 2 aromatic rings. The van der Waals surface area contributed by atoms with E-state index in [0.717, 1.165) is 12.1 Å². The van der Waals surface area contributed by atoms with Crippen molar-refractivity contribution in [2.24, 2.45) is 0 Å². The third kappa shape index (κ3) is 4.77. The topological polar surface area (TPSA) is 64.6 Å². The lowest BCUT2D eigenvalue weighted by atomic mass is 10.2. The zero-order valence-corrected chi connectivity index (χ0v) is 12.1.